The first-order chi connectivity index (χ1) is 13.1. The predicted molar refractivity (Wildman–Crippen MR) is 124 cm³/mol. The van der Waals surface area contributed by atoms with E-state index in [1.54, 1.807) is 7.11 Å². The number of hydrogen-bond acceptors (Lipinski definition) is 4. The minimum absolute atomic E-state index is 0. The van der Waals surface area contributed by atoms with E-state index >= 15 is 0 Å². The summed E-state index contributed by atoms with van der Waals surface area (Å²) < 4.78 is 7.19. The third-order valence-corrected chi connectivity index (χ3v) is 4.89. The average Bonchev–Trinajstić information content (AvgIpc) is 3.02. The van der Waals surface area contributed by atoms with E-state index in [0.29, 0.717) is 19.0 Å². The van der Waals surface area contributed by atoms with Gasteiger partial charge in [-0.3, -0.25) is 0 Å². The van der Waals surface area contributed by atoms with E-state index in [4.69, 9.17) is 9.73 Å². The second-order valence-electron chi connectivity index (χ2n) is 6.65. The lowest BCUT2D eigenvalue weighted by molar-refractivity contribution is 0.414. The molecule has 2 rings (SSSR count). The Labute approximate surface area is 185 Å². The van der Waals surface area contributed by atoms with Gasteiger partial charge in [0.15, 0.2) is 11.8 Å². The molecule has 0 aliphatic carbocycles. The lowest BCUT2D eigenvalue weighted by atomic mass is 10.0. The molecule has 0 aliphatic rings. The first kappa shape index (κ1) is 24.2. The van der Waals surface area contributed by atoms with Gasteiger partial charge >= 0.3 is 0 Å². The second kappa shape index (κ2) is 12.6. The van der Waals surface area contributed by atoms with Crippen molar-refractivity contribution in [1.29, 1.82) is 0 Å². The lowest BCUT2D eigenvalue weighted by Crippen LogP contribution is -2.40. The third-order valence-electron chi connectivity index (χ3n) is 4.89. The number of halogens is 1. The van der Waals surface area contributed by atoms with Gasteiger partial charge < -0.3 is 19.9 Å². The average molecular weight is 500 g/mol. The van der Waals surface area contributed by atoms with Crippen molar-refractivity contribution in [2.45, 2.75) is 46.7 Å². The van der Waals surface area contributed by atoms with E-state index in [2.05, 4.69) is 34.7 Å². The molecule has 0 aliphatic heterocycles. The molecule has 0 spiro atoms. The Kier molecular flexibility index (Phi) is 10.9. The molecule has 1 aromatic carbocycles. The zero-order valence-electron chi connectivity index (χ0n) is 17.5. The van der Waals surface area contributed by atoms with Crippen LogP contribution < -0.4 is 15.4 Å². The van der Waals surface area contributed by atoms with E-state index < -0.39 is 0 Å². The van der Waals surface area contributed by atoms with Gasteiger partial charge in [-0.2, -0.15) is 0 Å². The van der Waals surface area contributed by atoms with Crippen molar-refractivity contribution >= 4 is 29.9 Å². The quantitative estimate of drug-likeness (QED) is 0.314. The van der Waals surface area contributed by atoms with Crippen LogP contribution in [0.3, 0.4) is 0 Å². The van der Waals surface area contributed by atoms with E-state index in [9.17, 15) is 0 Å². The number of nitrogens with one attached hydrogen (secondary N) is 2. The van der Waals surface area contributed by atoms with Gasteiger partial charge in [0, 0.05) is 13.6 Å². The Morgan fingerprint density at radius 3 is 2.36 bits per heavy atom. The van der Waals surface area contributed by atoms with Crippen molar-refractivity contribution in [2.24, 2.45) is 18.0 Å². The van der Waals surface area contributed by atoms with Crippen LogP contribution in [0.4, 0.5) is 0 Å². The zero-order chi connectivity index (χ0) is 19.6. The summed E-state index contributed by atoms with van der Waals surface area (Å²) in [5.74, 6) is 4.06. The van der Waals surface area contributed by atoms with Crippen LogP contribution in [0.5, 0.6) is 5.75 Å². The lowest BCUT2D eigenvalue weighted by Gasteiger charge is -2.17. The molecule has 0 unspecified atom stereocenters. The van der Waals surface area contributed by atoms with Crippen LogP contribution in [-0.4, -0.2) is 34.4 Å². The fourth-order valence-electron chi connectivity index (χ4n) is 2.66. The molecule has 28 heavy (non-hydrogen) atoms. The van der Waals surface area contributed by atoms with Gasteiger partial charge in [0.05, 0.1) is 20.2 Å². The molecule has 0 amide bonds. The highest BCUT2D eigenvalue weighted by atomic mass is 127. The van der Waals surface area contributed by atoms with Crippen molar-refractivity contribution < 1.29 is 4.74 Å². The molecule has 7 nitrogen and oxygen atoms in total. The first-order valence-corrected chi connectivity index (χ1v) is 9.57. The molecule has 0 atom stereocenters. The second-order valence-corrected chi connectivity index (χ2v) is 6.65. The standard InChI is InChI=1S/C20H32N6O.HI/c1-6-16(7-2)12-21-20(23-14-19-25-24-15(3)26(19)4)22-13-17-8-10-18(27-5)11-9-17;/h8-11,16H,6-7,12-14H2,1-5H3,(H2,21,22,23);1H. The molecule has 2 N–H and O–H groups in total. The summed E-state index contributed by atoms with van der Waals surface area (Å²) in [6.45, 7) is 8.47. The number of guanidine groups is 1. The fraction of sp³-hybridized carbons (Fsp3) is 0.550. The maximum Gasteiger partial charge on any atom is 0.191 e. The number of aromatic nitrogens is 3. The number of benzene rings is 1. The zero-order valence-corrected chi connectivity index (χ0v) is 19.9. The van der Waals surface area contributed by atoms with Crippen LogP contribution in [0, 0.1) is 12.8 Å². The molecule has 0 saturated carbocycles. The van der Waals surface area contributed by atoms with Crippen LogP contribution in [-0.2, 0) is 20.1 Å². The molecular formula is C20H33IN6O. The summed E-state index contributed by atoms with van der Waals surface area (Å²) in [7, 11) is 3.64. The van der Waals surface area contributed by atoms with Crippen LogP contribution in [0.25, 0.3) is 0 Å². The van der Waals surface area contributed by atoms with Crippen molar-refractivity contribution in [2.75, 3.05) is 13.7 Å². The molecule has 1 heterocycles. The number of rotatable bonds is 9. The Morgan fingerprint density at radius 1 is 1.14 bits per heavy atom. The Hall–Kier alpha value is -1.84. The van der Waals surface area contributed by atoms with E-state index in [0.717, 1.165) is 48.3 Å². The predicted octanol–water partition coefficient (Wildman–Crippen LogP) is 3.42. The highest BCUT2D eigenvalue weighted by molar-refractivity contribution is 14.0. The summed E-state index contributed by atoms with van der Waals surface area (Å²) in [6.07, 6.45) is 2.30. The van der Waals surface area contributed by atoms with E-state index in [1.807, 2.05) is 42.8 Å². The van der Waals surface area contributed by atoms with Gasteiger partial charge in [0.1, 0.15) is 11.6 Å². The monoisotopic (exact) mass is 500 g/mol. The smallest absolute Gasteiger partial charge is 0.191 e. The Bertz CT molecular complexity index is 725. The molecule has 156 valence electrons. The minimum Gasteiger partial charge on any atom is -0.497 e. The van der Waals surface area contributed by atoms with Gasteiger partial charge in [-0.25, -0.2) is 4.99 Å². The summed E-state index contributed by atoms with van der Waals surface area (Å²) in [4.78, 5) is 4.74. The number of ether oxygens (including phenoxy) is 1. The summed E-state index contributed by atoms with van der Waals surface area (Å²) in [6, 6.07) is 7.98. The highest BCUT2D eigenvalue weighted by Gasteiger charge is 2.08. The number of methoxy groups -OCH3 is 1. The normalized spacial score (nSPS) is 11.3. The van der Waals surface area contributed by atoms with Crippen LogP contribution in [0.15, 0.2) is 29.3 Å². The molecule has 8 heteroatoms. The van der Waals surface area contributed by atoms with Gasteiger partial charge in [-0.15, -0.1) is 34.2 Å². The van der Waals surface area contributed by atoms with Crippen molar-refractivity contribution in [3.63, 3.8) is 0 Å². The summed E-state index contributed by atoms with van der Waals surface area (Å²) in [5.41, 5.74) is 1.13. The Balaban J connectivity index is 0.00000392. The van der Waals surface area contributed by atoms with Crippen molar-refractivity contribution in [3.8, 4) is 5.75 Å². The molecule has 0 radical (unpaired) electrons. The highest BCUT2D eigenvalue weighted by Crippen LogP contribution is 2.12. The number of aryl methyl sites for hydroxylation is 1. The molecule has 0 bridgehead atoms. The molecule has 2 aromatic rings. The van der Waals surface area contributed by atoms with Gasteiger partial charge in [0.25, 0.3) is 0 Å². The minimum atomic E-state index is 0. The van der Waals surface area contributed by atoms with Crippen LogP contribution >= 0.6 is 24.0 Å². The maximum atomic E-state index is 5.21. The largest absolute Gasteiger partial charge is 0.497 e. The topological polar surface area (TPSA) is 76.4 Å². The molecule has 0 fully saturated rings. The van der Waals surface area contributed by atoms with Crippen molar-refractivity contribution in [3.05, 3.63) is 41.5 Å². The molecular weight excluding hydrogens is 467 g/mol. The van der Waals surface area contributed by atoms with Crippen LogP contribution in [0.1, 0.15) is 43.9 Å². The van der Waals surface area contributed by atoms with Gasteiger partial charge in [0.2, 0.25) is 0 Å². The molecule has 0 saturated heterocycles. The number of nitrogens with zero attached hydrogens (tertiary/aromatic N) is 4. The SMILES string of the molecule is CCC(CC)CNC(=NCc1ccc(OC)cc1)NCc1nnc(C)n1C.I. The van der Waals surface area contributed by atoms with E-state index in [-0.39, 0.29) is 24.0 Å². The van der Waals surface area contributed by atoms with Crippen molar-refractivity contribution in [1.82, 2.24) is 25.4 Å². The van der Waals surface area contributed by atoms with E-state index in [1.165, 1.54) is 0 Å². The fourth-order valence-corrected chi connectivity index (χ4v) is 2.66. The third kappa shape index (κ3) is 7.29. The van der Waals surface area contributed by atoms with Gasteiger partial charge in [-0.05, 0) is 30.5 Å². The first-order valence-electron chi connectivity index (χ1n) is 9.57. The maximum absolute atomic E-state index is 5.21. The van der Waals surface area contributed by atoms with Crippen LogP contribution in [0.2, 0.25) is 0 Å². The Morgan fingerprint density at radius 2 is 1.82 bits per heavy atom. The number of hydrogen-bond donors (Lipinski definition) is 2. The van der Waals surface area contributed by atoms with Gasteiger partial charge in [-0.1, -0.05) is 38.8 Å². The summed E-state index contributed by atoms with van der Waals surface area (Å²) >= 11 is 0. The number of aliphatic imine (C=N–C) groups is 1. The summed E-state index contributed by atoms with van der Waals surface area (Å²) in [5, 5.41) is 15.2. The molecule has 1 aromatic heterocycles.